The summed E-state index contributed by atoms with van der Waals surface area (Å²) in [5.74, 6) is -0.431. The molecule has 3 aromatic carbocycles. The molecule has 0 N–H and O–H groups in total. The maximum absolute atomic E-state index is 13.6. The molecule has 0 unspecified atom stereocenters. The van der Waals surface area contributed by atoms with Gasteiger partial charge < -0.3 is 4.90 Å². The molecular formula is C25H21FN2OS. The topological polar surface area (TPSA) is 33.2 Å². The predicted octanol–water partition coefficient (Wildman–Crippen LogP) is 6.07. The highest BCUT2D eigenvalue weighted by Gasteiger charge is 2.24. The maximum atomic E-state index is 13.6. The van der Waals surface area contributed by atoms with Crippen molar-refractivity contribution in [1.29, 1.82) is 0 Å². The molecule has 0 saturated heterocycles. The van der Waals surface area contributed by atoms with Gasteiger partial charge in [-0.05, 0) is 54.4 Å². The number of thiol groups is 1. The Hall–Kier alpha value is -3.18. The second-order valence-corrected chi connectivity index (χ2v) is 7.76. The lowest BCUT2D eigenvalue weighted by Crippen LogP contribution is -2.33. The number of halogens is 1. The number of carbonyl (C=O) groups is 1. The minimum Gasteiger partial charge on any atom is -0.328 e. The van der Waals surface area contributed by atoms with Crippen molar-refractivity contribution >= 4 is 29.4 Å². The summed E-state index contributed by atoms with van der Waals surface area (Å²) < 4.78 is 13.4. The van der Waals surface area contributed by atoms with Crippen LogP contribution in [0.1, 0.15) is 34.5 Å². The molecule has 0 fully saturated rings. The molecule has 4 rings (SSSR count). The highest BCUT2D eigenvalue weighted by Crippen LogP contribution is 2.26. The number of benzene rings is 3. The lowest BCUT2D eigenvalue weighted by atomic mass is 10.0. The number of para-hydroxylation sites is 1. The Kier molecular flexibility index (Phi) is 5.81. The van der Waals surface area contributed by atoms with E-state index in [0.717, 1.165) is 26.9 Å². The Morgan fingerprint density at radius 2 is 1.80 bits per heavy atom. The van der Waals surface area contributed by atoms with E-state index in [1.54, 1.807) is 23.2 Å². The molecule has 0 radical (unpaired) electrons. The summed E-state index contributed by atoms with van der Waals surface area (Å²) in [5, 5.41) is 0.912. The van der Waals surface area contributed by atoms with Crippen LogP contribution in [0.3, 0.4) is 0 Å². The van der Waals surface area contributed by atoms with Crippen LogP contribution >= 0.6 is 12.6 Å². The Morgan fingerprint density at radius 1 is 1.03 bits per heavy atom. The van der Waals surface area contributed by atoms with Gasteiger partial charge in [0.05, 0.1) is 17.1 Å². The molecule has 0 aliphatic heterocycles. The van der Waals surface area contributed by atoms with Crippen LogP contribution in [0.25, 0.3) is 10.9 Å². The Labute approximate surface area is 180 Å². The second kappa shape index (κ2) is 8.67. The molecule has 150 valence electrons. The Bertz CT molecular complexity index is 1190. The average Bonchev–Trinajstić information content (AvgIpc) is 2.77. The highest BCUT2D eigenvalue weighted by molar-refractivity contribution is 7.80. The first-order chi connectivity index (χ1) is 14.5. The molecule has 0 saturated carbocycles. The van der Waals surface area contributed by atoms with Gasteiger partial charge >= 0.3 is 0 Å². The van der Waals surface area contributed by atoms with E-state index in [1.807, 2.05) is 61.5 Å². The van der Waals surface area contributed by atoms with Crippen molar-refractivity contribution in [3.05, 3.63) is 108 Å². The van der Waals surface area contributed by atoms with Gasteiger partial charge in [-0.2, -0.15) is 0 Å². The molecule has 0 bridgehead atoms. The fraction of sp³-hybridized carbons (Fsp3) is 0.120. The van der Waals surface area contributed by atoms with Crippen molar-refractivity contribution in [2.24, 2.45) is 0 Å². The number of carbonyl (C=O) groups excluding carboxylic acids is 1. The molecule has 4 aromatic rings. The van der Waals surface area contributed by atoms with Crippen LogP contribution in [0.2, 0.25) is 0 Å². The van der Waals surface area contributed by atoms with Gasteiger partial charge in [0.25, 0.3) is 5.91 Å². The highest BCUT2D eigenvalue weighted by atomic mass is 32.1. The number of nitrogens with zero attached hydrogens (tertiary/aromatic N) is 2. The van der Waals surface area contributed by atoms with Gasteiger partial charge in [0, 0.05) is 23.0 Å². The molecule has 5 heteroatoms. The van der Waals surface area contributed by atoms with E-state index < -0.39 is 0 Å². The lowest BCUT2D eigenvalue weighted by Gasteiger charge is -2.30. The average molecular weight is 417 g/mol. The molecule has 1 amide bonds. The Balaban J connectivity index is 1.72. The number of pyridine rings is 1. The molecular weight excluding hydrogens is 395 g/mol. The number of amides is 1. The van der Waals surface area contributed by atoms with Crippen LogP contribution in [-0.2, 0) is 6.54 Å². The van der Waals surface area contributed by atoms with Crippen molar-refractivity contribution in [2.75, 3.05) is 0 Å². The van der Waals surface area contributed by atoms with Crippen molar-refractivity contribution in [2.45, 2.75) is 24.4 Å². The summed E-state index contributed by atoms with van der Waals surface area (Å²) >= 11 is 4.42. The van der Waals surface area contributed by atoms with Crippen LogP contribution in [0.5, 0.6) is 0 Å². The number of hydrogen-bond donors (Lipinski definition) is 1. The lowest BCUT2D eigenvalue weighted by molar-refractivity contribution is 0.0673. The smallest absolute Gasteiger partial charge is 0.256 e. The van der Waals surface area contributed by atoms with Gasteiger partial charge in [-0.15, -0.1) is 12.6 Å². The molecule has 1 atom stereocenters. The molecule has 0 aliphatic carbocycles. The Morgan fingerprint density at radius 3 is 2.57 bits per heavy atom. The van der Waals surface area contributed by atoms with Crippen molar-refractivity contribution < 1.29 is 9.18 Å². The first kappa shape index (κ1) is 20.1. The van der Waals surface area contributed by atoms with Gasteiger partial charge in [0.2, 0.25) is 0 Å². The van der Waals surface area contributed by atoms with Crippen LogP contribution in [-0.4, -0.2) is 15.8 Å². The van der Waals surface area contributed by atoms with Crippen molar-refractivity contribution in [3.63, 3.8) is 0 Å². The van der Waals surface area contributed by atoms with Crippen molar-refractivity contribution in [3.8, 4) is 0 Å². The van der Waals surface area contributed by atoms with E-state index in [9.17, 15) is 9.18 Å². The van der Waals surface area contributed by atoms with Crippen LogP contribution < -0.4 is 0 Å². The zero-order valence-corrected chi connectivity index (χ0v) is 17.4. The number of fused-ring (bicyclic) bond motifs is 1. The van der Waals surface area contributed by atoms with Crippen LogP contribution in [0, 0.1) is 5.82 Å². The summed E-state index contributed by atoms with van der Waals surface area (Å²) in [7, 11) is 0. The largest absolute Gasteiger partial charge is 0.328 e. The zero-order chi connectivity index (χ0) is 21.1. The standard InChI is InChI=1S/C25H21FN2OS/c1-17(19-9-11-22(26)12-10-19)28(16-18-5-4-7-23(30)13-18)25(29)21-14-20-6-2-3-8-24(20)27-15-21/h2-15,17,30H,16H2,1H3/t17-/m1/s1. The third-order valence-corrected chi connectivity index (χ3v) is 5.46. The molecule has 1 aromatic heterocycles. The van der Waals surface area contributed by atoms with E-state index in [2.05, 4.69) is 17.6 Å². The molecule has 0 spiro atoms. The van der Waals surface area contributed by atoms with E-state index in [4.69, 9.17) is 0 Å². The SMILES string of the molecule is C[C@H](c1ccc(F)cc1)N(Cc1cccc(S)c1)C(=O)c1cnc2ccccc2c1. The minimum atomic E-state index is -0.301. The third-order valence-electron chi connectivity index (χ3n) is 5.18. The second-order valence-electron chi connectivity index (χ2n) is 7.25. The number of hydrogen-bond acceptors (Lipinski definition) is 3. The first-order valence-corrected chi connectivity index (χ1v) is 10.1. The third kappa shape index (κ3) is 4.36. The normalized spacial score (nSPS) is 12.0. The fourth-order valence-electron chi connectivity index (χ4n) is 3.51. The van der Waals surface area contributed by atoms with Crippen LogP contribution in [0.4, 0.5) is 4.39 Å². The quantitative estimate of drug-likeness (QED) is 0.401. The van der Waals surface area contributed by atoms with E-state index in [0.29, 0.717) is 12.1 Å². The summed E-state index contributed by atoms with van der Waals surface area (Å²) in [6, 6.07) is 23.3. The minimum absolute atomic E-state index is 0.130. The summed E-state index contributed by atoms with van der Waals surface area (Å²) in [4.78, 5) is 20.6. The first-order valence-electron chi connectivity index (χ1n) is 9.70. The predicted molar refractivity (Wildman–Crippen MR) is 120 cm³/mol. The number of aromatic nitrogens is 1. The number of rotatable bonds is 5. The van der Waals surface area contributed by atoms with Crippen molar-refractivity contribution in [1.82, 2.24) is 9.88 Å². The maximum Gasteiger partial charge on any atom is 0.256 e. The molecule has 1 heterocycles. The van der Waals surface area contributed by atoms with E-state index >= 15 is 0 Å². The summed E-state index contributed by atoms with van der Waals surface area (Å²) in [6.07, 6.45) is 1.62. The van der Waals surface area contributed by atoms with Gasteiger partial charge in [0.15, 0.2) is 0 Å². The van der Waals surface area contributed by atoms with Gasteiger partial charge in [-0.1, -0.05) is 42.5 Å². The molecule has 30 heavy (non-hydrogen) atoms. The van der Waals surface area contributed by atoms with Gasteiger partial charge in [-0.3, -0.25) is 9.78 Å². The van der Waals surface area contributed by atoms with E-state index in [-0.39, 0.29) is 17.8 Å². The van der Waals surface area contributed by atoms with Gasteiger partial charge in [0.1, 0.15) is 5.82 Å². The zero-order valence-electron chi connectivity index (χ0n) is 16.5. The van der Waals surface area contributed by atoms with Crippen LogP contribution in [0.15, 0.2) is 90.0 Å². The van der Waals surface area contributed by atoms with E-state index in [1.165, 1.54) is 12.1 Å². The molecule has 0 aliphatic rings. The monoisotopic (exact) mass is 416 g/mol. The fourth-order valence-corrected chi connectivity index (χ4v) is 3.76. The molecule has 3 nitrogen and oxygen atoms in total. The van der Waals surface area contributed by atoms with Gasteiger partial charge in [-0.25, -0.2) is 4.39 Å². The summed E-state index contributed by atoms with van der Waals surface area (Å²) in [6.45, 7) is 2.35. The summed E-state index contributed by atoms with van der Waals surface area (Å²) in [5.41, 5.74) is 3.19.